The van der Waals surface area contributed by atoms with Crippen molar-refractivity contribution in [2.45, 2.75) is 36.4 Å². The molecule has 108 valence electrons. The minimum Gasteiger partial charge on any atom is -0.359 e. The van der Waals surface area contributed by atoms with Gasteiger partial charge in [-0.25, -0.2) is 8.78 Å². The molecule has 0 amide bonds. The number of hydrogen-bond donors (Lipinski definition) is 1. The van der Waals surface area contributed by atoms with E-state index in [4.69, 9.17) is 0 Å². The maximum atomic E-state index is 13.2. The Kier molecular flexibility index (Phi) is 4.05. The molecular weight excluding hydrogens is 441 g/mol. The van der Waals surface area contributed by atoms with Gasteiger partial charge in [-0.05, 0) is 53.0 Å². The summed E-state index contributed by atoms with van der Waals surface area (Å²) in [4.78, 5) is 7.75. The highest BCUT2D eigenvalue weighted by atomic mass is 127. The molecule has 2 heterocycles. The minimum absolute atomic E-state index is 0.00413. The fourth-order valence-corrected chi connectivity index (χ4v) is 4.13. The first kappa shape index (κ1) is 14.7. The Morgan fingerprint density at radius 2 is 2.10 bits per heavy atom. The van der Waals surface area contributed by atoms with E-state index < -0.39 is 5.92 Å². The van der Waals surface area contributed by atoms with Crippen LogP contribution in [0.25, 0.3) is 11.0 Å². The van der Waals surface area contributed by atoms with Gasteiger partial charge in [-0.15, -0.1) is 0 Å². The summed E-state index contributed by atoms with van der Waals surface area (Å²) in [6.07, 6.45) is 4.88. The molecule has 0 saturated heterocycles. The SMILES string of the molecule is FC1(F)CCC(C(Br)c2cnc3c(I)c[nH]c3c2)CC1. The van der Waals surface area contributed by atoms with Crippen LogP contribution in [0, 0.1) is 9.49 Å². The van der Waals surface area contributed by atoms with Crippen LogP contribution in [0.1, 0.15) is 36.1 Å². The van der Waals surface area contributed by atoms with Gasteiger partial charge in [-0.3, -0.25) is 4.98 Å². The Balaban J connectivity index is 1.80. The first-order valence-electron chi connectivity index (χ1n) is 6.61. The molecule has 0 aromatic carbocycles. The second-order valence-electron chi connectivity index (χ2n) is 5.40. The van der Waals surface area contributed by atoms with E-state index in [-0.39, 0.29) is 23.6 Å². The van der Waals surface area contributed by atoms with Gasteiger partial charge in [0.1, 0.15) is 5.52 Å². The third-order valence-corrected chi connectivity index (χ3v) is 6.08. The second kappa shape index (κ2) is 5.51. The predicted octanol–water partition coefficient (Wildman–Crippen LogP) is 5.43. The Morgan fingerprint density at radius 3 is 2.80 bits per heavy atom. The maximum absolute atomic E-state index is 13.2. The number of aromatic nitrogens is 2. The molecule has 20 heavy (non-hydrogen) atoms. The lowest BCUT2D eigenvalue weighted by Gasteiger charge is -2.31. The molecule has 1 saturated carbocycles. The number of alkyl halides is 3. The topological polar surface area (TPSA) is 28.7 Å². The number of nitrogens with one attached hydrogen (secondary N) is 1. The summed E-state index contributed by atoms with van der Waals surface area (Å²) in [5.74, 6) is -2.22. The largest absolute Gasteiger partial charge is 0.359 e. The Hall–Kier alpha value is -0.240. The van der Waals surface area contributed by atoms with E-state index >= 15 is 0 Å². The average Bonchev–Trinajstić information content (AvgIpc) is 2.79. The van der Waals surface area contributed by atoms with Crippen molar-refractivity contribution in [3.63, 3.8) is 0 Å². The second-order valence-corrected chi connectivity index (χ2v) is 7.55. The zero-order valence-corrected chi connectivity index (χ0v) is 14.4. The van der Waals surface area contributed by atoms with Crippen molar-refractivity contribution in [2.24, 2.45) is 5.92 Å². The van der Waals surface area contributed by atoms with Gasteiger partial charge < -0.3 is 4.98 Å². The number of fused-ring (bicyclic) bond motifs is 1. The molecule has 2 nitrogen and oxygen atoms in total. The van der Waals surface area contributed by atoms with Gasteiger partial charge in [0.2, 0.25) is 5.92 Å². The van der Waals surface area contributed by atoms with E-state index in [2.05, 4.69) is 54.6 Å². The van der Waals surface area contributed by atoms with E-state index in [0.717, 1.165) is 20.2 Å². The Bertz CT molecular complexity index is 619. The van der Waals surface area contributed by atoms with Gasteiger partial charge in [0.15, 0.2) is 0 Å². The summed E-state index contributed by atoms with van der Waals surface area (Å²) in [6.45, 7) is 0. The third kappa shape index (κ3) is 2.86. The molecule has 0 bridgehead atoms. The van der Waals surface area contributed by atoms with Crippen molar-refractivity contribution in [1.82, 2.24) is 9.97 Å². The van der Waals surface area contributed by atoms with Gasteiger partial charge in [-0.2, -0.15) is 0 Å². The zero-order valence-electron chi connectivity index (χ0n) is 10.7. The van der Waals surface area contributed by atoms with Crippen LogP contribution in [0.4, 0.5) is 8.78 Å². The van der Waals surface area contributed by atoms with E-state index in [1.807, 2.05) is 12.4 Å². The van der Waals surface area contributed by atoms with Crippen molar-refractivity contribution in [3.8, 4) is 0 Å². The van der Waals surface area contributed by atoms with Crippen LogP contribution in [0.2, 0.25) is 0 Å². The molecule has 1 fully saturated rings. The first-order valence-corrected chi connectivity index (χ1v) is 8.60. The molecule has 1 aliphatic carbocycles. The van der Waals surface area contributed by atoms with E-state index in [9.17, 15) is 8.78 Å². The van der Waals surface area contributed by atoms with Crippen molar-refractivity contribution in [1.29, 1.82) is 0 Å². The summed E-state index contributed by atoms with van der Waals surface area (Å²) >= 11 is 5.92. The smallest absolute Gasteiger partial charge is 0.248 e. The zero-order chi connectivity index (χ0) is 14.3. The van der Waals surface area contributed by atoms with Crippen LogP contribution >= 0.6 is 38.5 Å². The van der Waals surface area contributed by atoms with Gasteiger partial charge in [-0.1, -0.05) is 15.9 Å². The average molecular weight is 455 g/mol. The van der Waals surface area contributed by atoms with Gasteiger partial charge in [0.25, 0.3) is 0 Å². The highest BCUT2D eigenvalue weighted by molar-refractivity contribution is 14.1. The molecule has 0 aliphatic heterocycles. The molecule has 0 radical (unpaired) electrons. The van der Waals surface area contributed by atoms with Crippen LogP contribution in [-0.2, 0) is 0 Å². The summed E-state index contributed by atoms with van der Waals surface area (Å²) in [5.41, 5.74) is 3.02. The fourth-order valence-electron chi connectivity index (χ4n) is 2.77. The molecule has 1 atom stereocenters. The quantitative estimate of drug-likeness (QED) is 0.475. The molecule has 3 rings (SSSR count). The summed E-state index contributed by atoms with van der Waals surface area (Å²) in [7, 11) is 0. The van der Waals surface area contributed by atoms with Crippen LogP contribution < -0.4 is 0 Å². The van der Waals surface area contributed by atoms with Crippen molar-refractivity contribution in [3.05, 3.63) is 27.6 Å². The van der Waals surface area contributed by atoms with Crippen molar-refractivity contribution in [2.75, 3.05) is 0 Å². The molecule has 2 aromatic rings. The molecule has 0 spiro atoms. The Labute approximate surface area is 138 Å². The number of nitrogens with zero attached hydrogens (tertiary/aromatic N) is 1. The molecular formula is C14H14BrF2IN2. The number of pyridine rings is 1. The normalized spacial score (nSPS) is 21.2. The van der Waals surface area contributed by atoms with Crippen LogP contribution in [0.15, 0.2) is 18.5 Å². The highest BCUT2D eigenvalue weighted by Gasteiger charge is 2.37. The van der Waals surface area contributed by atoms with Gasteiger partial charge >= 0.3 is 0 Å². The summed E-state index contributed by atoms with van der Waals surface area (Å²) in [6, 6.07) is 2.07. The molecule has 1 N–H and O–H groups in total. The number of halogens is 4. The Morgan fingerprint density at radius 1 is 1.40 bits per heavy atom. The predicted molar refractivity (Wildman–Crippen MR) is 87.4 cm³/mol. The van der Waals surface area contributed by atoms with Crippen LogP contribution in [-0.4, -0.2) is 15.9 Å². The first-order chi connectivity index (χ1) is 9.46. The number of H-pyrrole nitrogens is 1. The van der Waals surface area contributed by atoms with Crippen LogP contribution in [0.5, 0.6) is 0 Å². The summed E-state index contributed by atoms with van der Waals surface area (Å²) in [5, 5.41) is 0. The molecule has 1 unspecified atom stereocenters. The fraction of sp³-hybridized carbons (Fsp3) is 0.500. The highest BCUT2D eigenvalue weighted by Crippen LogP contribution is 2.44. The third-order valence-electron chi connectivity index (χ3n) is 3.98. The lowest BCUT2D eigenvalue weighted by molar-refractivity contribution is -0.0457. The lowest BCUT2D eigenvalue weighted by Crippen LogP contribution is -2.26. The van der Waals surface area contributed by atoms with E-state index in [1.54, 1.807) is 0 Å². The summed E-state index contributed by atoms with van der Waals surface area (Å²) < 4.78 is 27.5. The molecule has 6 heteroatoms. The van der Waals surface area contributed by atoms with Crippen LogP contribution in [0.3, 0.4) is 0 Å². The number of rotatable bonds is 2. The van der Waals surface area contributed by atoms with E-state index in [0.29, 0.717) is 12.8 Å². The number of hydrogen-bond acceptors (Lipinski definition) is 1. The lowest BCUT2D eigenvalue weighted by atomic mass is 9.83. The van der Waals surface area contributed by atoms with Crippen molar-refractivity contribution < 1.29 is 8.78 Å². The van der Waals surface area contributed by atoms with Gasteiger partial charge in [0.05, 0.1) is 9.09 Å². The number of aromatic amines is 1. The standard InChI is InChI=1S/C14H14BrF2IN2/c15-12(8-1-3-14(16,17)4-2-8)9-5-11-13(20-6-9)10(18)7-19-11/h5-8,12,19H,1-4H2. The molecule has 1 aliphatic rings. The van der Waals surface area contributed by atoms with Crippen molar-refractivity contribution >= 4 is 49.6 Å². The minimum atomic E-state index is -2.47. The van der Waals surface area contributed by atoms with Gasteiger partial charge in [0, 0.05) is 30.1 Å². The molecule has 2 aromatic heterocycles. The maximum Gasteiger partial charge on any atom is 0.248 e. The monoisotopic (exact) mass is 454 g/mol. The van der Waals surface area contributed by atoms with E-state index in [1.165, 1.54) is 0 Å².